The van der Waals surface area contributed by atoms with Gasteiger partial charge in [-0.15, -0.1) is 0 Å². The third kappa shape index (κ3) is 7.06. The van der Waals surface area contributed by atoms with E-state index in [2.05, 4.69) is 110 Å². The fourth-order valence-electron chi connectivity index (χ4n) is 8.21. The van der Waals surface area contributed by atoms with Crippen LogP contribution in [0.25, 0.3) is 0 Å². The van der Waals surface area contributed by atoms with Gasteiger partial charge in [0.05, 0.1) is 6.61 Å². The van der Waals surface area contributed by atoms with Crippen molar-refractivity contribution in [1.82, 2.24) is 15.1 Å². The van der Waals surface area contributed by atoms with E-state index in [0.717, 1.165) is 45.6 Å². The second-order valence-corrected chi connectivity index (χ2v) is 16.5. The van der Waals surface area contributed by atoms with Gasteiger partial charge in [0.2, 0.25) is 0 Å². The highest BCUT2D eigenvalue weighted by molar-refractivity contribution is 5.75. The zero-order valence-corrected chi connectivity index (χ0v) is 30.3. The van der Waals surface area contributed by atoms with Crippen molar-refractivity contribution in [3.8, 4) is 0 Å². The molecule has 0 bridgehead atoms. The van der Waals surface area contributed by atoms with E-state index in [1.54, 1.807) is 12.7 Å². The Balaban J connectivity index is 0.000000182. The molecule has 4 heterocycles. The summed E-state index contributed by atoms with van der Waals surface area (Å²) in [5.74, 6) is 0. The van der Waals surface area contributed by atoms with Crippen molar-refractivity contribution in [3.05, 3.63) is 59.7 Å². The molecule has 0 aliphatic carbocycles. The second kappa shape index (κ2) is 13.4. The number of ether oxygens (including phenoxy) is 1. The molecule has 0 unspecified atom stereocenters. The summed E-state index contributed by atoms with van der Waals surface area (Å²) in [5.41, 5.74) is 6.75. The molecule has 4 aliphatic heterocycles. The maximum atomic E-state index is 12.3. The summed E-state index contributed by atoms with van der Waals surface area (Å²) in [6.07, 6.45) is 4.62. The Morgan fingerprint density at radius 1 is 0.761 bits per heavy atom. The molecule has 2 aromatic rings. The molecule has 0 aromatic heterocycles. The van der Waals surface area contributed by atoms with E-state index in [1.165, 1.54) is 49.4 Å². The number of benzene rings is 2. The first-order chi connectivity index (χ1) is 21.7. The molecule has 1 N–H and O–H groups in total. The SMILES string of the molecule is CC(C)NC(=O)N1CCC2(CC1)CN(C(C)(C)C)c1ccccc12.COCCN1CCC2(CC1)CN(C(C)(C)C)c1ccccc12. The largest absolute Gasteiger partial charge is 0.383 e. The lowest BCUT2D eigenvalue weighted by Crippen LogP contribution is -2.52. The predicted octanol–water partition coefficient (Wildman–Crippen LogP) is 7.04. The summed E-state index contributed by atoms with van der Waals surface area (Å²) in [6.45, 7) is 26.1. The lowest BCUT2D eigenvalue weighted by molar-refractivity contribution is 0.112. The molecule has 2 fully saturated rings. The molecule has 7 nitrogen and oxygen atoms in total. The number of para-hydroxylation sites is 2. The van der Waals surface area contributed by atoms with Gasteiger partial charge in [-0.1, -0.05) is 36.4 Å². The monoisotopic (exact) mass is 631 g/mol. The molecule has 0 radical (unpaired) electrons. The van der Waals surface area contributed by atoms with Crippen molar-refractivity contribution in [2.75, 3.05) is 69.3 Å². The van der Waals surface area contributed by atoms with Crippen molar-refractivity contribution < 1.29 is 9.53 Å². The average molecular weight is 632 g/mol. The number of nitrogens with one attached hydrogen (secondary N) is 1. The van der Waals surface area contributed by atoms with Crippen LogP contribution in [0.2, 0.25) is 0 Å². The molecule has 46 heavy (non-hydrogen) atoms. The van der Waals surface area contributed by atoms with Gasteiger partial charge in [-0.05, 0) is 117 Å². The second-order valence-electron chi connectivity index (χ2n) is 16.5. The van der Waals surface area contributed by atoms with Crippen molar-refractivity contribution in [3.63, 3.8) is 0 Å². The van der Waals surface area contributed by atoms with Gasteiger partial charge in [0.15, 0.2) is 0 Å². The van der Waals surface area contributed by atoms with Gasteiger partial charge < -0.3 is 29.7 Å². The Bertz CT molecular complexity index is 1330. The maximum Gasteiger partial charge on any atom is 0.317 e. The highest BCUT2D eigenvalue weighted by Gasteiger charge is 2.48. The van der Waals surface area contributed by atoms with Gasteiger partial charge in [0.25, 0.3) is 0 Å². The summed E-state index contributed by atoms with van der Waals surface area (Å²) < 4.78 is 5.23. The molecule has 0 atom stereocenters. The van der Waals surface area contributed by atoms with Gasteiger partial charge in [-0.2, -0.15) is 0 Å². The minimum absolute atomic E-state index is 0.0822. The molecule has 7 heteroatoms. The molecule has 2 saturated heterocycles. The Kier molecular flexibility index (Phi) is 10.1. The van der Waals surface area contributed by atoms with Crippen molar-refractivity contribution in [2.45, 2.75) is 109 Å². The van der Waals surface area contributed by atoms with Gasteiger partial charge in [-0.3, -0.25) is 0 Å². The summed E-state index contributed by atoms with van der Waals surface area (Å²) >= 11 is 0. The van der Waals surface area contributed by atoms with Crippen molar-refractivity contribution in [2.24, 2.45) is 0 Å². The first-order valence-electron chi connectivity index (χ1n) is 17.7. The fourth-order valence-corrected chi connectivity index (χ4v) is 8.21. The first kappa shape index (κ1) is 34.6. The number of carbonyl (C=O) groups is 1. The number of anilines is 2. The molecule has 2 aromatic carbocycles. The molecule has 6 rings (SSSR count). The molecule has 2 amide bonds. The standard InChI is InChI=1S/C20H31N3O.C19H30N2O/c1-15(2)21-18(24)22-12-10-20(11-13-22)14-23(19(3,4)5)17-9-7-6-8-16(17)20;1-18(2,3)21-15-19(16-7-5-6-8-17(16)21)9-11-20(12-10-19)13-14-22-4/h6-9,15H,10-14H2,1-5H3,(H,21,24);5-8H,9-15H2,1-4H3. The summed E-state index contributed by atoms with van der Waals surface area (Å²) in [6, 6.07) is 18.2. The van der Waals surface area contributed by atoms with E-state index in [4.69, 9.17) is 4.74 Å². The van der Waals surface area contributed by atoms with Crippen LogP contribution < -0.4 is 15.1 Å². The summed E-state index contributed by atoms with van der Waals surface area (Å²) in [7, 11) is 1.79. The minimum Gasteiger partial charge on any atom is -0.383 e. The molecule has 254 valence electrons. The number of amides is 2. The van der Waals surface area contributed by atoms with Crippen molar-refractivity contribution >= 4 is 17.4 Å². The van der Waals surface area contributed by atoms with Gasteiger partial charge >= 0.3 is 6.03 Å². The predicted molar refractivity (Wildman–Crippen MR) is 192 cm³/mol. The van der Waals surface area contributed by atoms with Crippen LogP contribution in [0, 0.1) is 0 Å². The topological polar surface area (TPSA) is 51.3 Å². The average Bonchev–Trinajstić information content (AvgIpc) is 3.51. The van der Waals surface area contributed by atoms with Crippen LogP contribution >= 0.6 is 0 Å². The maximum absolute atomic E-state index is 12.3. The number of urea groups is 1. The number of methoxy groups -OCH3 is 1. The highest BCUT2D eigenvalue weighted by atomic mass is 16.5. The number of carbonyl (C=O) groups excluding carboxylic acids is 1. The van der Waals surface area contributed by atoms with E-state index in [-0.39, 0.29) is 28.6 Å². The number of hydrogen-bond acceptors (Lipinski definition) is 5. The molecular weight excluding hydrogens is 570 g/mol. The quantitative estimate of drug-likeness (QED) is 0.392. The van der Waals surface area contributed by atoms with Crippen LogP contribution in [-0.4, -0.2) is 92.5 Å². The molecule has 0 saturated carbocycles. The Labute approximate surface area is 279 Å². The lowest BCUT2D eigenvalue weighted by Gasteiger charge is -2.42. The van der Waals surface area contributed by atoms with E-state index >= 15 is 0 Å². The Hall–Kier alpha value is -2.77. The molecule has 2 spiro atoms. The van der Waals surface area contributed by atoms with E-state index in [9.17, 15) is 4.79 Å². The van der Waals surface area contributed by atoms with Crippen LogP contribution in [0.5, 0.6) is 0 Å². The van der Waals surface area contributed by atoms with Gasteiger partial charge in [0.1, 0.15) is 0 Å². The number of nitrogens with zero attached hydrogens (tertiary/aromatic N) is 4. The van der Waals surface area contributed by atoms with Crippen LogP contribution in [0.3, 0.4) is 0 Å². The minimum atomic E-state index is 0.0822. The smallest absolute Gasteiger partial charge is 0.317 e. The number of piperidine rings is 2. The zero-order chi connectivity index (χ0) is 33.3. The highest BCUT2D eigenvalue weighted by Crippen LogP contribution is 2.50. The van der Waals surface area contributed by atoms with Crippen LogP contribution in [0.1, 0.15) is 92.2 Å². The van der Waals surface area contributed by atoms with Crippen LogP contribution in [0.15, 0.2) is 48.5 Å². The number of fused-ring (bicyclic) bond motifs is 4. The normalized spacial score (nSPS) is 20.5. The Morgan fingerprint density at radius 3 is 1.61 bits per heavy atom. The molecule has 4 aliphatic rings. The number of hydrogen-bond donors (Lipinski definition) is 1. The summed E-state index contributed by atoms with van der Waals surface area (Å²) in [5, 5.41) is 3.02. The third-order valence-electron chi connectivity index (χ3n) is 10.9. The fraction of sp³-hybridized carbons (Fsp3) is 0.667. The molecular formula is C39H61N5O2. The van der Waals surface area contributed by atoms with Gasteiger partial charge in [0, 0.05) is 79.2 Å². The Morgan fingerprint density at radius 2 is 1.20 bits per heavy atom. The first-order valence-corrected chi connectivity index (χ1v) is 17.7. The van der Waals surface area contributed by atoms with Gasteiger partial charge in [-0.25, -0.2) is 4.79 Å². The zero-order valence-electron chi connectivity index (χ0n) is 30.3. The van der Waals surface area contributed by atoms with E-state index < -0.39 is 0 Å². The van der Waals surface area contributed by atoms with E-state index in [1.807, 2.05) is 18.7 Å². The third-order valence-corrected chi connectivity index (χ3v) is 10.9. The summed E-state index contributed by atoms with van der Waals surface area (Å²) in [4.78, 5) is 22.0. The number of likely N-dealkylation sites (tertiary alicyclic amines) is 2. The number of rotatable bonds is 4. The van der Waals surface area contributed by atoms with E-state index in [0.29, 0.717) is 5.41 Å². The lowest BCUT2D eigenvalue weighted by atomic mass is 9.74. The van der Waals surface area contributed by atoms with Crippen LogP contribution in [0.4, 0.5) is 16.2 Å². The van der Waals surface area contributed by atoms with Crippen molar-refractivity contribution in [1.29, 1.82) is 0 Å². The van der Waals surface area contributed by atoms with Crippen LogP contribution in [-0.2, 0) is 15.6 Å².